The first kappa shape index (κ1) is 16.0. The van der Waals surface area contributed by atoms with Crippen LogP contribution in [-0.2, 0) is 19.0 Å². The highest BCUT2D eigenvalue weighted by atomic mass is 127. The normalized spacial score (nSPS) is 11.7. The van der Waals surface area contributed by atoms with Gasteiger partial charge in [-0.15, -0.1) is 0 Å². The fourth-order valence-corrected chi connectivity index (χ4v) is 2.56. The molecule has 0 bridgehead atoms. The van der Waals surface area contributed by atoms with Gasteiger partial charge in [-0.05, 0) is 40.6 Å². The molecule has 1 aromatic heterocycles. The number of aromatic amines is 1. The molecule has 1 heterocycles. The summed E-state index contributed by atoms with van der Waals surface area (Å²) in [5, 5.41) is 0. The molecule has 0 saturated heterocycles. The first-order valence-corrected chi connectivity index (χ1v) is 7.33. The van der Waals surface area contributed by atoms with E-state index in [1.54, 1.807) is 6.07 Å². The molecule has 2 aromatic rings. The van der Waals surface area contributed by atoms with Gasteiger partial charge in [0.2, 0.25) is 0 Å². The van der Waals surface area contributed by atoms with Crippen LogP contribution in [0.1, 0.15) is 29.6 Å². The second kappa shape index (κ2) is 6.17. The fourth-order valence-electron chi connectivity index (χ4n) is 1.93. The Morgan fingerprint density at radius 3 is 2.67 bits per heavy atom. The lowest BCUT2D eigenvalue weighted by molar-refractivity contribution is -0.137. The number of hydrogen-bond donors (Lipinski definition) is 1. The molecule has 0 spiro atoms. The van der Waals surface area contributed by atoms with E-state index in [1.165, 1.54) is 6.07 Å². The third-order valence-corrected chi connectivity index (χ3v) is 4.05. The van der Waals surface area contributed by atoms with Crippen molar-refractivity contribution < 1.29 is 13.2 Å². The van der Waals surface area contributed by atoms with Crippen LogP contribution in [0.15, 0.2) is 29.1 Å². The summed E-state index contributed by atoms with van der Waals surface area (Å²) in [5.41, 5.74) is 0.144. The molecule has 0 unspecified atom stereocenters. The third kappa shape index (κ3) is 3.84. The number of benzene rings is 1. The SMILES string of the molecule is CCc1nc(Cc2cccc(C(F)(F)F)c2)[nH]c(=O)c1I. The minimum atomic E-state index is -4.38. The summed E-state index contributed by atoms with van der Waals surface area (Å²) in [4.78, 5) is 18.6. The zero-order chi connectivity index (χ0) is 15.6. The number of hydrogen-bond acceptors (Lipinski definition) is 2. The topological polar surface area (TPSA) is 45.8 Å². The molecular formula is C14H12F3IN2O. The van der Waals surface area contributed by atoms with E-state index < -0.39 is 11.7 Å². The lowest BCUT2D eigenvalue weighted by atomic mass is 10.1. The van der Waals surface area contributed by atoms with E-state index in [1.807, 2.05) is 29.5 Å². The number of H-pyrrole nitrogens is 1. The predicted molar refractivity (Wildman–Crippen MR) is 81.2 cm³/mol. The van der Waals surface area contributed by atoms with Crippen molar-refractivity contribution in [2.24, 2.45) is 0 Å². The second-order valence-electron chi connectivity index (χ2n) is 4.50. The number of nitrogens with zero attached hydrogens (tertiary/aromatic N) is 1. The van der Waals surface area contributed by atoms with Gasteiger partial charge < -0.3 is 4.98 Å². The van der Waals surface area contributed by atoms with E-state index in [4.69, 9.17) is 0 Å². The van der Waals surface area contributed by atoms with E-state index >= 15 is 0 Å². The minimum absolute atomic E-state index is 0.156. The average Bonchev–Trinajstić information content (AvgIpc) is 2.42. The van der Waals surface area contributed by atoms with Crippen LogP contribution in [0.2, 0.25) is 0 Å². The van der Waals surface area contributed by atoms with Gasteiger partial charge in [-0.1, -0.05) is 25.1 Å². The highest BCUT2D eigenvalue weighted by Gasteiger charge is 2.30. The first-order chi connectivity index (χ1) is 9.81. The van der Waals surface area contributed by atoms with Gasteiger partial charge in [-0.3, -0.25) is 4.79 Å². The molecule has 0 fully saturated rings. The van der Waals surface area contributed by atoms with Gasteiger partial charge in [-0.25, -0.2) is 4.98 Å². The van der Waals surface area contributed by atoms with Crippen LogP contribution >= 0.6 is 22.6 Å². The molecule has 0 aliphatic carbocycles. The lowest BCUT2D eigenvalue weighted by Crippen LogP contribution is -2.18. The summed E-state index contributed by atoms with van der Waals surface area (Å²) < 4.78 is 38.5. The molecule has 0 aliphatic rings. The molecule has 0 aliphatic heterocycles. The monoisotopic (exact) mass is 408 g/mol. The molecule has 7 heteroatoms. The number of halogens is 4. The first-order valence-electron chi connectivity index (χ1n) is 6.25. The summed E-state index contributed by atoms with van der Waals surface area (Å²) in [5.74, 6) is 0.372. The van der Waals surface area contributed by atoms with E-state index in [-0.39, 0.29) is 12.0 Å². The standard InChI is InChI=1S/C14H12F3IN2O/c1-2-10-12(18)13(21)20-11(19-10)7-8-4-3-5-9(6-8)14(15,16)17/h3-6H,2,7H2,1H3,(H,19,20,21). The fraction of sp³-hybridized carbons (Fsp3) is 0.286. The molecule has 112 valence electrons. The van der Waals surface area contributed by atoms with Crippen molar-refractivity contribution in [3.05, 3.63) is 60.8 Å². The maximum Gasteiger partial charge on any atom is 0.416 e. The van der Waals surface area contributed by atoms with Gasteiger partial charge in [0.1, 0.15) is 5.82 Å². The Labute approximate surface area is 132 Å². The van der Waals surface area contributed by atoms with Gasteiger partial charge in [-0.2, -0.15) is 13.2 Å². The van der Waals surface area contributed by atoms with E-state index in [9.17, 15) is 18.0 Å². The summed E-state index contributed by atoms with van der Waals surface area (Å²) in [6.07, 6.45) is -3.63. The molecule has 3 nitrogen and oxygen atoms in total. The van der Waals surface area contributed by atoms with Crippen LogP contribution in [0.3, 0.4) is 0 Å². The Hall–Kier alpha value is -1.38. The molecule has 0 saturated carbocycles. The van der Waals surface area contributed by atoms with Crippen molar-refractivity contribution in [3.63, 3.8) is 0 Å². The predicted octanol–water partition coefficient (Wildman–Crippen LogP) is 3.55. The molecule has 1 aromatic carbocycles. The van der Waals surface area contributed by atoms with Crippen LogP contribution in [0.4, 0.5) is 13.2 Å². The summed E-state index contributed by atoms with van der Waals surface area (Å²) in [6.45, 7) is 1.87. The highest BCUT2D eigenvalue weighted by molar-refractivity contribution is 14.1. The van der Waals surface area contributed by atoms with Gasteiger partial charge in [0.25, 0.3) is 5.56 Å². The zero-order valence-corrected chi connectivity index (χ0v) is 13.2. The number of alkyl halides is 3. The third-order valence-electron chi connectivity index (χ3n) is 2.94. The van der Waals surface area contributed by atoms with Crippen LogP contribution in [-0.4, -0.2) is 9.97 Å². The van der Waals surface area contributed by atoms with Crippen molar-refractivity contribution in [2.75, 3.05) is 0 Å². The van der Waals surface area contributed by atoms with Crippen LogP contribution in [0, 0.1) is 3.57 Å². The zero-order valence-electron chi connectivity index (χ0n) is 11.1. The Bertz CT molecular complexity index is 710. The number of rotatable bonds is 3. The van der Waals surface area contributed by atoms with Crippen molar-refractivity contribution in [2.45, 2.75) is 25.9 Å². The quantitative estimate of drug-likeness (QED) is 0.790. The number of nitrogens with one attached hydrogen (secondary N) is 1. The maximum absolute atomic E-state index is 12.7. The average molecular weight is 408 g/mol. The molecule has 0 atom stereocenters. The molecule has 0 amide bonds. The van der Waals surface area contributed by atoms with Crippen LogP contribution in [0.25, 0.3) is 0 Å². The highest BCUT2D eigenvalue weighted by Crippen LogP contribution is 2.29. The van der Waals surface area contributed by atoms with E-state index in [2.05, 4.69) is 9.97 Å². The molecule has 1 N–H and O–H groups in total. The Kier molecular flexibility index (Phi) is 4.70. The largest absolute Gasteiger partial charge is 0.416 e. The van der Waals surface area contributed by atoms with Crippen molar-refractivity contribution in [1.29, 1.82) is 0 Å². The van der Waals surface area contributed by atoms with Crippen LogP contribution in [0.5, 0.6) is 0 Å². The molecule has 2 rings (SSSR count). The number of aromatic nitrogens is 2. The van der Waals surface area contributed by atoms with Gasteiger partial charge in [0.05, 0.1) is 14.8 Å². The Morgan fingerprint density at radius 1 is 1.33 bits per heavy atom. The van der Waals surface area contributed by atoms with Crippen molar-refractivity contribution in [1.82, 2.24) is 9.97 Å². The number of aryl methyl sites for hydroxylation is 1. The van der Waals surface area contributed by atoms with Crippen LogP contribution < -0.4 is 5.56 Å². The summed E-state index contributed by atoms with van der Waals surface area (Å²) >= 11 is 1.91. The summed E-state index contributed by atoms with van der Waals surface area (Å²) in [7, 11) is 0. The smallest absolute Gasteiger partial charge is 0.309 e. The van der Waals surface area contributed by atoms with Crippen molar-refractivity contribution >= 4 is 22.6 Å². The van der Waals surface area contributed by atoms with Gasteiger partial charge in [0, 0.05) is 6.42 Å². The minimum Gasteiger partial charge on any atom is -0.309 e. The van der Waals surface area contributed by atoms with E-state index in [0.29, 0.717) is 27.1 Å². The second-order valence-corrected chi connectivity index (χ2v) is 5.58. The molecule has 21 heavy (non-hydrogen) atoms. The van der Waals surface area contributed by atoms with Gasteiger partial charge >= 0.3 is 6.18 Å². The molecular weight excluding hydrogens is 396 g/mol. The Morgan fingerprint density at radius 2 is 2.05 bits per heavy atom. The maximum atomic E-state index is 12.7. The van der Waals surface area contributed by atoms with E-state index in [0.717, 1.165) is 12.1 Å². The molecule has 0 radical (unpaired) electrons. The van der Waals surface area contributed by atoms with Gasteiger partial charge in [0.15, 0.2) is 0 Å². The lowest BCUT2D eigenvalue weighted by Gasteiger charge is -2.09. The Balaban J connectivity index is 2.35. The van der Waals surface area contributed by atoms with Crippen molar-refractivity contribution in [3.8, 4) is 0 Å². The summed E-state index contributed by atoms with van der Waals surface area (Å²) in [6, 6.07) is 5.02.